The van der Waals surface area contributed by atoms with Gasteiger partial charge in [0.25, 0.3) is 41.4 Å². The Kier molecular flexibility index (Phi) is 19.1. The Labute approximate surface area is 494 Å². The van der Waals surface area contributed by atoms with Gasteiger partial charge in [0.05, 0.1) is 39.8 Å². The number of imidazole rings is 1. The van der Waals surface area contributed by atoms with Crippen molar-refractivity contribution in [3.8, 4) is 11.3 Å². The van der Waals surface area contributed by atoms with Gasteiger partial charge < -0.3 is 89.3 Å². The van der Waals surface area contributed by atoms with Crippen LogP contribution in [0.5, 0.6) is 0 Å². The number of hydrogen-bond donors (Lipinski definition) is 9. The van der Waals surface area contributed by atoms with Crippen molar-refractivity contribution >= 4 is 87.3 Å². The number of carbonyl (C=O) groups excluding carboxylic acids is 9. The molecule has 0 radical (unpaired) electrons. The Hall–Kier alpha value is -10.6. The number of carbonyl (C=O) groups is 9. The summed E-state index contributed by atoms with van der Waals surface area (Å²) in [4.78, 5) is 124. The number of hydrogen-bond acceptors (Lipinski definition) is 11. The minimum absolute atomic E-state index is 0.0495. The first-order valence-corrected chi connectivity index (χ1v) is 27.4. The van der Waals surface area contributed by atoms with E-state index in [2.05, 4.69) is 52.8 Å². The van der Waals surface area contributed by atoms with Crippen molar-refractivity contribution in [1.29, 1.82) is 0 Å². The number of rotatable bonds is 25. The molecule has 8 heterocycles. The van der Waals surface area contributed by atoms with Gasteiger partial charge in [-0.05, 0) is 75.9 Å². The fourth-order valence-electron chi connectivity index (χ4n) is 9.55. The van der Waals surface area contributed by atoms with E-state index in [0.717, 1.165) is 24.2 Å². The van der Waals surface area contributed by atoms with Gasteiger partial charge in [-0.2, -0.15) is 0 Å². The lowest BCUT2D eigenvalue weighted by molar-refractivity contribution is -0.121. The van der Waals surface area contributed by atoms with Crippen LogP contribution in [0.25, 0.3) is 11.3 Å². The van der Waals surface area contributed by atoms with Crippen LogP contribution >= 0.6 is 0 Å². The molecule has 28 heteroatoms. The van der Waals surface area contributed by atoms with Crippen LogP contribution in [0.1, 0.15) is 99.2 Å². The molecule has 9 amide bonds. The zero-order valence-corrected chi connectivity index (χ0v) is 49.5. The molecule has 0 fully saturated rings. The normalized spacial score (nSPS) is 11.1. The predicted molar refractivity (Wildman–Crippen MR) is 323 cm³/mol. The molecule has 0 bridgehead atoms. The van der Waals surface area contributed by atoms with Crippen LogP contribution in [0.4, 0.5) is 34.1 Å². The number of nitrogens with zero attached hydrogens (tertiary/aromatic N) is 10. The van der Waals surface area contributed by atoms with Gasteiger partial charge in [-0.15, -0.1) is 0 Å². The second-order valence-electron chi connectivity index (χ2n) is 21.1. The highest BCUT2D eigenvalue weighted by Crippen LogP contribution is 2.28. The van der Waals surface area contributed by atoms with Crippen LogP contribution < -0.4 is 47.9 Å². The van der Waals surface area contributed by atoms with Crippen molar-refractivity contribution in [2.75, 3.05) is 72.2 Å². The highest BCUT2D eigenvalue weighted by Gasteiger charge is 2.23. The minimum Gasteiger partial charge on any atom is -0.356 e. The molecule has 9 N–H and O–H groups in total. The van der Waals surface area contributed by atoms with E-state index in [-0.39, 0.29) is 84.4 Å². The predicted octanol–water partition coefficient (Wildman–Crippen LogP) is 4.05. The van der Waals surface area contributed by atoms with E-state index in [4.69, 9.17) is 0 Å². The summed E-state index contributed by atoms with van der Waals surface area (Å²) in [6.45, 7) is 1.77. The van der Waals surface area contributed by atoms with Crippen molar-refractivity contribution in [1.82, 2.24) is 62.4 Å². The third-order valence-corrected chi connectivity index (χ3v) is 13.9. The van der Waals surface area contributed by atoms with E-state index < -0.39 is 35.4 Å². The first-order chi connectivity index (χ1) is 40.9. The van der Waals surface area contributed by atoms with Crippen LogP contribution in [-0.2, 0) is 66.0 Å². The van der Waals surface area contributed by atoms with Crippen molar-refractivity contribution in [3.63, 3.8) is 0 Å². The maximum absolute atomic E-state index is 13.6. The lowest BCUT2D eigenvalue weighted by Crippen LogP contribution is -2.32. The van der Waals surface area contributed by atoms with E-state index in [1.807, 2.05) is 30.6 Å². The topological polar surface area (TPSA) is 317 Å². The third-order valence-electron chi connectivity index (χ3n) is 13.9. The van der Waals surface area contributed by atoms with Crippen molar-refractivity contribution in [2.24, 2.45) is 56.4 Å². The van der Waals surface area contributed by atoms with Crippen molar-refractivity contribution in [3.05, 3.63) is 138 Å². The summed E-state index contributed by atoms with van der Waals surface area (Å²) >= 11 is 0. The lowest BCUT2D eigenvalue weighted by atomic mass is 10.2. The molecule has 8 aromatic rings. The molecule has 0 saturated carbocycles. The average molecular weight is 1180 g/mol. The molecule has 0 aliphatic rings. The lowest BCUT2D eigenvalue weighted by Gasteiger charge is -2.10. The van der Waals surface area contributed by atoms with Crippen LogP contribution in [0.3, 0.4) is 0 Å². The van der Waals surface area contributed by atoms with Crippen LogP contribution in [0, 0.1) is 0 Å². The summed E-state index contributed by atoms with van der Waals surface area (Å²) in [7, 11) is 17.5. The second kappa shape index (κ2) is 26.7. The minimum atomic E-state index is -0.498. The fraction of sp³-hybridized carbons (Fsp3) is 0.310. The molecular weight excluding hydrogens is 1110 g/mol. The summed E-state index contributed by atoms with van der Waals surface area (Å²) < 4.78 is 12.9. The van der Waals surface area contributed by atoms with Gasteiger partial charge in [0.2, 0.25) is 11.8 Å². The molecule has 8 aromatic heterocycles. The van der Waals surface area contributed by atoms with Crippen LogP contribution in [-0.4, -0.2) is 140 Å². The zero-order chi connectivity index (χ0) is 62.1. The third kappa shape index (κ3) is 15.1. The largest absolute Gasteiger partial charge is 0.356 e. The van der Waals surface area contributed by atoms with Gasteiger partial charge in [-0.3, -0.25) is 43.2 Å². The summed E-state index contributed by atoms with van der Waals surface area (Å²) in [6.07, 6.45) is 16.0. The standard InChI is InChI=1S/C58H71N19O9/c1-69(2)19-12-16-59-49(78)14-17-62-52(80)43-21-35(28-71(43)4)42-22-37(30-72(42)5)64-55(83)46-25-39(32-75(46)8)66-54(82)45-23-36(29-74(45)7)63-50(79)13-11-15-61-53(81)44-24-38(31-73(44)6)65-56(84)47-26-40(33-76(47)9)67-57(85)48-27-41(34-77(48)10)68-58(86)51-60-18-20-70(51)3/h18,20-34H,11-17,19H2,1-10H3,(H,59,78)(H,61,81)(H,62,80)(H,63,79)(H,64,83)(H,65,84)(H,66,82)(H,67,85)(H,68,86). The molecule has 452 valence electrons. The van der Waals surface area contributed by atoms with Crippen molar-refractivity contribution in [2.45, 2.75) is 25.7 Å². The number of aryl methyl sites for hydroxylation is 8. The molecule has 0 unspecified atom stereocenters. The zero-order valence-electron chi connectivity index (χ0n) is 49.5. The van der Waals surface area contributed by atoms with E-state index in [1.54, 1.807) is 149 Å². The second-order valence-corrected chi connectivity index (χ2v) is 21.1. The fourth-order valence-corrected chi connectivity index (χ4v) is 9.55. The molecule has 28 nitrogen and oxygen atoms in total. The monoisotopic (exact) mass is 1180 g/mol. The number of anilines is 6. The quantitative estimate of drug-likeness (QED) is 0.0368. The Bertz CT molecular complexity index is 3890. The van der Waals surface area contributed by atoms with E-state index in [1.165, 1.54) is 30.5 Å². The molecule has 0 saturated heterocycles. The Morgan fingerprint density at radius 2 is 0.767 bits per heavy atom. The highest BCUT2D eigenvalue weighted by molar-refractivity contribution is 6.10. The van der Waals surface area contributed by atoms with Gasteiger partial charge in [0.1, 0.15) is 34.2 Å². The maximum atomic E-state index is 13.6. The molecular formula is C58H71N19O9. The van der Waals surface area contributed by atoms with Gasteiger partial charge in [0, 0.05) is 150 Å². The summed E-state index contributed by atoms with van der Waals surface area (Å²) in [5.74, 6) is -3.36. The molecule has 0 aromatic carbocycles. The number of nitrogens with one attached hydrogen (secondary N) is 9. The Morgan fingerprint density at radius 1 is 0.384 bits per heavy atom. The maximum Gasteiger partial charge on any atom is 0.291 e. The molecule has 8 rings (SSSR count). The van der Waals surface area contributed by atoms with Crippen LogP contribution in [0.2, 0.25) is 0 Å². The highest BCUT2D eigenvalue weighted by atomic mass is 16.2. The summed E-state index contributed by atoms with van der Waals surface area (Å²) in [5.41, 5.74) is 5.41. The molecule has 0 aliphatic heterocycles. The van der Waals surface area contributed by atoms with Crippen LogP contribution in [0.15, 0.2) is 98.2 Å². The van der Waals surface area contributed by atoms with E-state index >= 15 is 0 Å². The van der Waals surface area contributed by atoms with E-state index in [9.17, 15) is 43.2 Å². The van der Waals surface area contributed by atoms with Gasteiger partial charge >= 0.3 is 0 Å². The van der Waals surface area contributed by atoms with Gasteiger partial charge in [-0.25, -0.2) is 4.98 Å². The average Bonchev–Trinajstić information content (AvgIpc) is 2.50. The Balaban J connectivity index is 0.755. The molecule has 0 atom stereocenters. The molecule has 0 aliphatic carbocycles. The van der Waals surface area contributed by atoms with E-state index in [0.29, 0.717) is 46.4 Å². The van der Waals surface area contributed by atoms with Gasteiger partial charge in [0.15, 0.2) is 5.82 Å². The summed E-state index contributed by atoms with van der Waals surface area (Å²) in [5, 5.41) is 25.3. The number of aromatic nitrogens is 9. The molecule has 0 spiro atoms. The Morgan fingerprint density at radius 3 is 1.22 bits per heavy atom. The van der Waals surface area contributed by atoms with Gasteiger partial charge in [-0.1, -0.05) is 0 Å². The molecule has 86 heavy (non-hydrogen) atoms. The first-order valence-electron chi connectivity index (χ1n) is 27.4. The smallest absolute Gasteiger partial charge is 0.291 e. The number of amides is 9. The SMILES string of the molecule is CN(C)CCCNC(=O)CCNC(=O)c1cc(-c2cc(NC(=O)c3cc(NC(=O)c4cc(NC(=O)CCCNC(=O)c5cc(NC(=O)c6cc(NC(=O)c7cc(NC(=O)c8nccn8C)cn7C)cn6C)cn5C)cn4C)cn3C)cn2C)cn1C. The van der Waals surface area contributed by atoms with Crippen molar-refractivity contribution < 1.29 is 43.2 Å². The first kappa shape index (κ1) is 61.4. The summed E-state index contributed by atoms with van der Waals surface area (Å²) in [6, 6.07) is 11.1.